The second-order valence-corrected chi connectivity index (χ2v) is 7.88. The van der Waals surface area contributed by atoms with Gasteiger partial charge in [-0.05, 0) is 36.2 Å². The third-order valence-corrected chi connectivity index (χ3v) is 6.24. The summed E-state index contributed by atoms with van der Waals surface area (Å²) in [6, 6.07) is 10.1. The number of carbonyl (C=O) groups excluding carboxylic acids is 1. The first kappa shape index (κ1) is 19.3. The van der Waals surface area contributed by atoms with Crippen LogP contribution >= 0.6 is 11.3 Å². The first-order chi connectivity index (χ1) is 14.0. The lowest BCUT2D eigenvalue weighted by Crippen LogP contribution is -2.48. The molecule has 0 aliphatic carbocycles. The van der Waals surface area contributed by atoms with Gasteiger partial charge in [-0.2, -0.15) is 0 Å². The van der Waals surface area contributed by atoms with Crippen LogP contribution in [0.2, 0.25) is 0 Å². The molecule has 0 saturated carbocycles. The molecule has 1 amide bonds. The molecule has 2 aromatic heterocycles. The summed E-state index contributed by atoms with van der Waals surface area (Å²) in [6.45, 7) is 4.61. The number of halogens is 1. The summed E-state index contributed by atoms with van der Waals surface area (Å²) in [6.07, 6.45) is 1.48. The average molecular weight is 412 g/mol. The van der Waals surface area contributed by atoms with E-state index in [1.165, 1.54) is 29.8 Å². The summed E-state index contributed by atoms with van der Waals surface area (Å²) in [5, 5.41) is 0. The summed E-state index contributed by atoms with van der Waals surface area (Å²) in [4.78, 5) is 27.0. The molecule has 3 aromatic rings. The van der Waals surface area contributed by atoms with Crippen molar-refractivity contribution >= 4 is 23.1 Å². The van der Waals surface area contributed by atoms with E-state index < -0.39 is 0 Å². The van der Waals surface area contributed by atoms with Crippen molar-refractivity contribution in [2.45, 2.75) is 6.92 Å². The number of aromatic nitrogens is 2. The van der Waals surface area contributed by atoms with Crippen molar-refractivity contribution in [3.8, 4) is 16.3 Å². The molecule has 0 unspecified atom stereocenters. The van der Waals surface area contributed by atoms with E-state index in [1.54, 1.807) is 25.3 Å². The van der Waals surface area contributed by atoms with E-state index in [2.05, 4.69) is 14.9 Å². The van der Waals surface area contributed by atoms with Crippen LogP contribution in [0.3, 0.4) is 0 Å². The molecule has 4 rings (SSSR count). The maximum atomic E-state index is 13.2. The van der Waals surface area contributed by atoms with Crippen LogP contribution in [0, 0.1) is 12.7 Å². The average Bonchev–Trinajstić information content (AvgIpc) is 3.15. The number of rotatable bonds is 4. The van der Waals surface area contributed by atoms with Crippen LogP contribution in [-0.2, 0) is 0 Å². The highest BCUT2D eigenvalue weighted by molar-refractivity contribution is 7.17. The van der Waals surface area contributed by atoms with E-state index in [4.69, 9.17) is 4.74 Å². The normalized spacial score (nSPS) is 14.2. The second-order valence-electron chi connectivity index (χ2n) is 6.83. The number of carbonyl (C=O) groups is 1. The molecular weight excluding hydrogens is 391 g/mol. The number of benzene rings is 1. The van der Waals surface area contributed by atoms with Gasteiger partial charge in [0, 0.05) is 37.1 Å². The van der Waals surface area contributed by atoms with E-state index in [0.717, 1.165) is 21.8 Å². The number of aryl methyl sites for hydroxylation is 1. The van der Waals surface area contributed by atoms with Crippen molar-refractivity contribution < 1.29 is 13.9 Å². The highest BCUT2D eigenvalue weighted by atomic mass is 32.1. The summed E-state index contributed by atoms with van der Waals surface area (Å²) >= 11 is 1.46. The zero-order valence-electron chi connectivity index (χ0n) is 16.3. The number of methoxy groups -OCH3 is 1. The number of ether oxygens (including phenoxy) is 1. The molecule has 1 saturated heterocycles. The van der Waals surface area contributed by atoms with Crippen molar-refractivity contribution in [3.05, 3.63) is 59.0 Å². The SMILES string of the molecule is COc1cc(N2CCN(C(=O)c3cc(C)c(-c4ccc(F)cc4)s3)CC2)ncn1. The fourth-order valence-corrected chi connectivity index (χ4v) is 4.53. The van der Waals surface area contributed by atoms with Gasteiger partial charge >= 0.3 is 0 Å². The number of hydrogen-bond acceptors (Lipinski definition) is 6. The Bertz CT molecular complexity index is 1010. The number of amides is 1. The smallest absolute Gasteiger partial charge is 0.264 e. The summed E-state index contributed by atoms with van der Waals surface area (Å²) in [5.74, 6) is 1.09. The molecule has 29 heavy (non-hydrogen) atoms. The number of piperazine rings is 1. The lowest BCUT2D eigenvalue weighted by atomic mass is 10.1. The largest absolute Gasteiger partial charge is 0.481 e. The third kappa shape index (κ3) is 4.07. The quantitative estimate of drug-likeness (QED) is 0.655. The molecule has 0 atom stereocenters. The molecule has 8 heteroatoms. The fourth-order valence-electron chi connectivity index (χ4n) is 3.38. The van der Waals surface area contributed by atoms with Gasteiger partial charge in [0.1, 0.15) is 18.0 Å². The van der Waals surface area contributed by atoms with Gasteiger partial charge in [-0.1, -0.05) is 12.1 Å². The van der Waals surface area contributed by atoms with Gasteiger partial charge < -0.3 is 14.5 Å². The predicted molar refractivity (Wildman–Crippen MR) is 111 cm³/mol. The molecule has 0 spiro atoms. The van der Waals surface area contributed by atoms with Crippen LogP contribution in [0.4, 0.5) is 10.2 Å². The van der Waals surface area contributed by atoms with Gasteiger partial charge in [0.2, 0.25) is 5.88 Å². The Morgan fingerprint density at radius 3 is 2.52 bits per heavy atom. The van der Waals surface area contributed by atoms with Gasteiger partial charge in [-0.15, -0.1) is 11.3 Å². The molecule has 3 heterocycles. The van der Waals surface area contributed by atoms with Crippen molar-refractivity contribution in [1.29, 1.82) is 0 Å². The summed E-state index contributed by atoms with van der Waals surface area (Å²) < 4.78 is 18.4. The number of thiophene rings is 1. The van der Waals surface area contributed by atoms with E-state index in [1.807, 2.05) is 17.9 Å². The first-order valence-electron chi connectivity index (χ1n) is 9.32. The van der Waals surface area contributed by atoms with Crippen LogP contribution in [0.15, 0.2) is 42.7 Å². The Hall–Kier alpha value is -3.00. The molecule has 0 radical (unpaired) electrons. The minimum absolute atomic E-state index is 0.0337. The molecule has 0 bridgehead atoms. The maximum absolute atomic E-state index is 13.2. The highest BCUT2D eigenvalue weighted by Crippen LogP contribution is 2.33. The third-order valence-electron chi connectivity index (χ3n) is 4.96. The van der Waals surface area contributed by atoms with Crippen LogP contribution in [0.25, 0.3) is 10.4 Å². The van der Waals surface area contributed by atoms with Crippen molar-refractivity contribution in [2.24, 2.45) is 0 Å². The zero-order valence-corrected chi connectivity index (χ0v) is 17.1. The van der Waals surface area contributed by atoms with Gasteiger partial charge in [0.15, 0.2) is 0 Å². The molecule has 0 N–H and O–H groups in total. The Labute approximate surface area is 172 Å². The molecule has 6 nitrogen and oxygen atoms in total. The van der Waals surface area contributed by atoms with E-state index >= 15 is 0 Å². The van der Waals surface area contributed by atoms with Crippen molar-refractivity contribution in [3.63, 3.8) is 0 Å². The number of hydrogen-bond donors (Lipinski definition) is 0. The molecular formula is C21H21FN4O2S. The molecule has 1 fully saturated rings. The molecule has 1 aliphatic rings. The van der Waals surface area contributed by atoms with E-state index in [0.29, 0.717) is 36.9 Å². The topological polar surface area (TPSA) is 58.6 Å². The molecule has 1 aromatic carbocycles. The van der Waals surface area contributed by atoms with Gasteiger partial charge in [0.25, 0.3) is 5.91 Å². The monoisotopic (exact) mass is 412 g/mol. The van der Waals surface area contributed by atoms with Crippen LogP contribution in [-0.4, -0.2) is 54.1 Å². The summed E-state index contributed by atoms with van der Waals surface area (Å²) in [7, 11) is 1.58. The zero-order chi connectivity index (χ0) is 20.4. The minimum atomic E-state index is -0.265. The van der Waals surface area contributed by atoms with Gasteiger partial charge in [-0.25, -0.2) is 14.4 Å². The number of nitrogens with zero attached hydrogens (tertiary/aromatic N) is 4. The van der Waals surface area contributed by atoms with Gasteiger partial charge in [0.05, 0.1) is 12.0 Å². The number of anilines is 1. The maximum Gasteiger partial charge on any atom is 0.264 e. The van der Waals surface area contributed by atoms with E-state index in [-0.39, 0.29) is 11.7 Å². The van der Waals surface area contributed by atoms with Gasteiger partial charge in [-0.3, -0.25) is 4.79 Å². The molecule has 150 valence electrons. The minimum Gasteiger partial charge on any atom is -0.481 e. The highest BCUT2D eigenvalue weighted by Gasteiger charge is 2.25. The van der Waals surface area contributed by atoms with Crippen LogP contribution in [0.5, 0.6) is 5.88 Å². The predicted octanol–water partition coefficient (Wildman–Crippen LogP) is 3.62. The summed E-state index contributed by atoms with van der Waals surface area (Å²) in [5.41, 5.74) is 1.95. The second kappa shape index (κ2) is 8.16. The van der Waals surface area contributed by atoms with Crippen LogP contribution in [0.1, 0.15) is 15.2 Å². The molecule has 1 aliphatic heterocycles. The van der Waals surface area contributed by atoms with Crippen molar-refractivity contribution in [1.82, 2.24) is 14.9 Å². The fraction of sp³-hybridized carbons (Fsp3) is 0.286. The Morgan fingerprint density at radius 2 is 1.83 bits per heavy atom. The Morgan fingerprint density at radius 1 is 1.10 bits per heavy atom. The van der Waals surface area contributed by atoms with E-state index in [9.17, 15) is 9.18 Å². The Kier molecular flexibility index (Phi) is 5.44. The lowest BCUT2D eigenvalue weighted by molar-refractivity contribution is 0.0751. The first-order valence-corrected chi connectivity index (χ1v) is 10.1. The standard InChI is InChI=1S/C21H21FN4O2S/c1-14-11-17(29-20(14)15-3-5-16(22)6-4-15)21(27)26-9-7-25(8-10-26)18-12-19(28-2)24-13-23-18/h3-6,11-13H,7-10H2,1-2H3. The lowest BCUT2D eigenvalue weighted by Gasteiger charge is -2.35. The van der Waals surface area contributed by atoms with Crippen LogP contribution < -0.4 is 9.64 Å². The van der Waals surface area contributed by atoms with Crippen molar-refractivity contribution in [2.75, 3.05) is 38.2 Å². The Balaban J connectivity index is 1.44.